The second-order valence-electron chi connectivity index (χ2n) is 3.47. The topological polar surface area (TPSA) is 49.9 Å². The molecule has 1 aromatic rings. The molecule has 14 heavy (non-hydrogen) atoms. The Labute approximate surface area is 89.4 Å². The lowest BCUT2D eigenvalue weighted by molar-refractivity contribution is 0.996. The van der Waals surface area contributed by atoms with Gasteiger partial charge >= 0.3 is 0 Å². The van der Waals surface area contributed by atoms with E-state index in [4.69, 9.17) is 11.1 Å². The number of nitrogens with one attached hydrogen (secondary N) is 1. The van der Waals surface area contributed by atoms with Crippen LogP contribution < -0.4 is 5.73 Å². The predicted octanol–water partition coefficient (Wildman–Crippen LogP) is 2.80. The SMILES string of the molecule is Cc1ccc(SC(C)CC(=N)N)cc1. The Balaban J connectivity index is 2.51. The summed E-state index contributed by atoms with van der Waals surface area (Å²) >= 11 is 1.76. The van der Waals surface area contributed by atoms with E-state index in [0.717, 1.165) is 0 Å². The molecule has 0 fully saturated rings. The summed E-state index contributed by atoms with van der Waals surface area (Å²) in [5.74, 6) is 0.261. The van der Waals surface area contributed by atoms with Gasteiger partial charge in [-0.25, -0.2) is 0 Å². The summed E-state index contributed by atoms with van der Waals surface area (Å²) in [6, 6.07) is 8.42. The summed E-state index contributed by atoms with van der Waals surface area (Å²) in [6.45, 7) is 4.17. The molecule has 0 saturated heterocycles. The fourth-order valence-corrected chi connectivity index (χ4v) is 2.22. The molecule has 0 aromatic heterocycles. The van der Waals surface area contributed by atoms with Crippen molar-refractivity contribution in [2.24, 2.45) is 5.73 Å². The average Bonchev–Trinajstić information content (AvgIpc) is 2.07. The number of hydrogen-bond donors (Lipinski definition) is 2. The van der Waals surface area contributed by atoms with Gasteiger partial charge in [-0.2, -0.15) is 0 Å². The molecule has 0 bridgehead atoms. The standard InChI is InChI=1S/C11H16N2S/c1-8-3-5-10(6-4-8)14-9(2)7-11(12)13/h3-6,9H,7H2,1-2H3,(H3,12,13). The quantitative estimate of drug-likeness (QED) is 0.454. The van der Waals surface area contributed by atoms with Crippen molar-refractivity contribution in [1.82, 2.24) is 0 Å². The second kappa shape index (κ2) is 5.05. The van der Waals surface area contributed by atoms with E-state index in [2.05, 4.69) is 38.1 Å². The molecule has 0 heterocycles. The molecule has 1 atom stereocenters. The highest BCUT2D eigenvalue weighted by atomic mass is 32.2. The van der Waals surface area contributed by atoms with Gasteiger partial charge in [-0.05, 0) is 19.1 Å². The predicted molar refractivity (Wildman–Crippen MR) is 63.0 cm³/mol. The molecule has 0 aliphatic heterocycles. The highest BCUT2D eigenvalue weighted by Crippen LogP contribution is 2.24. The van der Waals surface area contributed by atoms with Crippen molar-refractivity contribution in [3.8, 4) is 0 Å². The Kier molecular flexibility index (Phi) is 4.01. The smallest absolute Gasteiger partial charge is 0.0916 e. The number of rotatable bonds is 4. The van der Waals surface area contributed by atoms with Crippen molar-refractivity contribution < 1.29 is 0 Å². The van der Waals surface area contributed by atoms with Crippen molar-refractivity contribution in [2.45, 2.75) is 30.4 Å². The maximum atomic E-state index is 7.19. The Morgan fingerprint density at radius 2 is 2.00 bits per heavy atom. The average molecular weight is 208 g/mol. The van der Waals surface area contributed by atoms with Crippen molar-refractivity contribution in [3.05, 3.63) is 29.8 Å². The van der Waals surface area contributed by atoms with Gasteiger partial charge in [0.1, 0.15) is 0 Å². The van der Waals surface area contributed by atoms with E-state index in [1.54, 1.807) is 11.8 Å². The van der Waals surface area contributed by atoms with Crippen molar-refractivity contribution in [1.29, 1.82) is 5.41 Å². The highest BCUT2D eigenvalue weighted by molar-refractivity contribution is 8.00. The normalized spacial score (nSPS) is 12.4. The largest absolute Gasteiger partial charge is 0.388 e. The van der Waals surface area contributed by atoms with Crippen molar-refractivity contribution in [3.63, 3.8) is 0 Å². The van der Waals surface area contributed by atoms with Gasteiger partial charge in [0, 0.05) is 16.6 Å². The minimum Gasteiger partial charge on any atom is -0.388 e. The lowest BCUT2D eigenvalue weighted by Gasteiger charge is -2.09. The van der Waals surface area contributed by atoms with Crippen molar-refractivity contribution >= 4 is 17.6 Å². The van der Waals surface area contributed by atoms with Gasteiger partial charge in [0.25, 0.3) is 0 Å². The molecule has 0 aliphatic carbocycles. The van der Waals surface area contributed by atoms with Crippen LogP contribution in [0.25, 0.3) is 0 Å². The van der Waals surface area contributed by atoms with Crippen LogP contribution in [0.4, 0.5) is 0 Å². The maximum absolute atomic E-state index is 7.19. The Hall–Kier alpha value is -0.960. The molecule has 0 aliphatic rings. The van der Waals surface area contributed by atoms with Crippen LogP contribution in [0.5, 0.6) is 0 Å². The van der Waals surface area contributed by atoms with E-state index < -0.39 is 0 Å². The van der Waals surface area contributed by atoms with Crippen LogP contribution >= 0.6 is 11.8 Å². The van der Waals surface area contributed by atoms with Crippen LogP contribution in [0.2, 0.25) is 0 Å². The third-order valence-corrected chi connectivity index (χ3v) is 2.98. The second-order valence-corrected chi connectivity index (χ2v) is 4.98. The maximum Gasteiger partial charge on any atom is 0.0916 e. The van der Waals surface area contributed by atoms with Crippen LogP contribution in [0.3, 0.4) is 0 Å². The first-order chi connectivity index (χ1) is 6.58. The molecule has 0 amide bonds. The first-order valence-corrected chi connectivity index (χ1v) is 5.52. The van der Waals surface area contributed by atoms with E-state index >= 15 is 0 Å². The number of nitrogens with two attached hydrogens (primary N) is 1. The summed E-state index contributed by atoms with van der Waals surface area (Å²) in [5, 5.41) is 7.56. The Morgan fingerprint density at radius 1 is 1.43 bits per heavy atom. The zero-order valence-corrected chi connectivity index (χ0v) is 9.40. The molecule has 0 spiro atoms. The van der Waals surface area contributed by atoms with Crippen LogP contribution in [-0.4, -0.2) is 11.1 Å². The molecule has 1 aromatic carbocycles. The summed E-state index contributed by atoms with van der Waals surface area (Å²) in [4.78, 5) is 1.24. The summed E-state index contributed by atoms with van der Waals surface area (Å²) in [5.41, 5.74) is 6.61. The van der Waals surface area contributed by atoms with Gasteiger partial charge in [0.05, 0.1) is 5.84 Å². The minimum atomic E-state index is 0.261. The van der Waals surface area contributed by atoms with Gasteiger partial charge in [-0.1, -0.05) is 24.6 Å². The summed E-state index contributed by atoms with van der Waals surface area (Å²) in [6.07, 6.45) is 0.651. The Bertz CT molecular complexity index is 306. The van der Waals surface area contributed by atoms with E-state index in [-0.39, 0.29) is 5.84 Å². The first kappa shape index (κ1) is 11.1. The summed E-state index contributed by atoms with van der Waals surface area (Å²) in [7, 11) is 0. The fraction of sp³-hybridized carbons (Fsp3) is 0.364. The van der Waals surface area contributed by atoms with Crippen LogP contribution in [0.1, 0.15) is 18.9 Å². The zero-order chi connectivity index (χ0) is 10.6. The lowest BCUT2D eigenvalue weighted by Crippen LogP contribution is -2.14. The zero-order valence-electron chi connectivity index (χ0n) is 8.58. The van der Waals surface area contributed by atoms with Crippen molar-refractivity contribution in [2.75, 3.05) is 0 Å². The number of benzene rings is 1. The molecule has 2 nitrogen and oxygen atoms in total. The molecule has 3 N–H and O–H groups in total. The lowest BCUT2D eigenvalue weighted by atomic mass is 10.2. The molecule has 76 valence electrons. The molecule has 3 heteroatoms. The molecular formula is C11H16N2S. The molecule has 1 rings (SSSR count). The van der Waals surface area contributed by atoms with Gasteiger partial charge in [0.15, 0.2) is 0 Å². The van der Waals surface area contributed by atoms with E-state index in [0.29, 0.717) is 11.7 Å². The molecule has 1 unspecified atom stereocenters. The van der Waals surface area contributed by atoms with Gasteiger partial charge in [0.2, 0.25) is 0 Å². The van der Waals surface area contributed by atoms with Gasteiger partial charge in [-0.15, -0.1) is 11.8 Å². The first-order valence-electron chi connectivity index (χ1n) is 4.64. The highest BCUT2D eigenvalue weighted by Gasteiger charge is 2.05. The summed E-state index contributed by atoms with van der Waals surface area (Å²) < 4.78 is 0. The number of amidine groups is 1. The fourth-order valence-electron chi connectivity index (χ4n) is 1.20. The number of aryl methyl sites for hydroxylation is 1. The van der Waals surface area contributed by atoms with Crippen LogP contribution in [0.15, 0.2) is 29.2 Å². The number of thioether (sulfide) groups is 1. The monoisotopic (exact) mass is 208 g/mol. The number of hydrogen-bond acceptors (Lipinski definition) is 2. The molecule has 0 saturated carbocycles. The van der Waals surface area contributed by atoms with E-state index in [1.807, 2.05) is 0 Å². The molecule has 0 radical (unpaired) electrons. The molecular weight excluding hydrogens is 192 g/mol. The third-order valence-electron chi connectivity index (χ3n) is 1.87. The van der Waals surface area contributed by atoms with Crippen LogP contribution in [0, 0.1) is 12.3 Å². The van der Waals surface area contributed by atoms with Gasteiger partial charge < -0.3 is 5.73 Å². The Morgan fingerprint density at radius 3 is 2.50 bits per heavy atom. The van der Waals surface area contributed by atoms with Crippen LogP contribution in [-0.2, 0) is 0 Å². The minimum absolute atomic E-state index is 0.261. The van der Waals surface area contributed by atoms with E-state index in [1.165, 1.54) is 10.5 Å². The van der Waals surface area contributed by atoms with E-state index in [9.17, 15) is 0 Å². The van der Waals surface area contributed by atoms with Gasteiger partial charge in [-0.3, -0.25) is 5.41 Å². The third kappa shape index (κ3) is 3.83.